The summed E-state index contributed by atoms with van der Waals surface area (Å²) >= 11 is 0. The molecule has 1 aromatic rings. The summed E-state index contributed by atoms with van der Waals surface area (Å²) < 4.78 is 10.7. The molecule has 0 aromatic heterocycles. The van der Waals surface area contributed by atoms with Crippen molar-refractivity contribution in [3.63, 3.8) is 0 Å². The van der Waals surface area contributed by atoms with Gasteiger partial charge < -0.3 is 20.1 Å². The van der Waals surface area contributed by atoms with E-state index in [1.54, 1.807) is 17.0 Å². The molecule has 1 amide bonds. The Morgan fingerprint density at radius 3 is 2.67 bits per heavy atom. The Hall–Kier alpha value is -1.59. The number of carbonyl (C=O) groups excluding carboxylic acids is 1. The number of ether oxygens (including phenoxy) is 2. The maximum Gasteiger partial charge on any atom is 0.258 e. The number of hydrogen-bond donors (Lipinski definition) is 1. The van der Waals surface area contributed by atoms with Crippen molar-refractivity contribution in [3.8, 4) is 0 Å². The lowest BCUT2D eigenvalue weighted by molar-refractivity contribution is -0.144. The summed E-state index contributed by atoms with van der Waals surface area (Å²) in [4.78, 5) is 14.0. The fraction of sp³-hybridized carbons (Fsp3) is 0.462. The molecule has 2 rings (SSSR count). The van der Waals surface area contributed by atoms with Gasteiger partial charge in [0.25, 0.3) is 5.91 Å². The third kappa shape index (κ3) is 2.80. The van der Waals surface area contributed by atoms with E-state index in [4.69, 9.17) is 15.2 Å². The van der Waals surface area contributed by atoms with Crippen LogP contribution in [0.3, 0.4) is 0 Å². The van der Waals surface area contributed by atoms with Crippen molar-refractivity contribution in [1.82, 2.24) is 0 Å². The Morgan fingerprint density at radius 1 is 1.39 bits per heavy atom. The first-order valence-electron chi connectivity index (χ1n) is 6.08. The normalized spacial score (nSPS) is 19.5. The fourth-order valence-corrected chi connectivity index (χ4v) is 1.92. The zero-order chi connectivity index (χ0) is 13.0. The maximum atomic E-state index is 12.3. The van der Waals surface area contributed by atoms with Crippen LogP contribution in [0.5, 0.6) is 0 Å². The van der Waals surface area contributed by atoms with Gasteiger partial charge in [0.1, 0.15) is 0 Å². The Balaban J connectivity index is 2.12. The number of nitrogens with two attached hydrogens (primary N) is 1. The summed E-state index contributed by atoms with van der Waals surface area (Å²) in [6, 6.07) is 7.23. The number of nitrogen functional groups attached to an aromatic ring is 1. The number of amides is 1. The van der Waals surface area contributed by atoms with E-state index in [1.165, 1.54) is 0 Å². The first kappa shape index (κ1) is 12.9. The highest BCUT2D eigenvalue weighted by atomic mass is 16.6. The number of nitrogens with zero attached hydrogens (tertiary/aromatic N) is 1. The quantitative estimate of drug-likeness (QED) is 0.814. The van der Waals surface area contributed by atoms with Gasteiger partial charge in [-0.25, -0.2) is 0 Å². The molecular weight excluding hydrogens is 232 g/mol. The highest BCUT2D eigenvalue weighted by molar-refractivity contribution is 5.96. The summed E-state index contributed by atoms with van der Waals surface area (Å²) in [6.45, 7) is 3.86. The summed E-state index contributed by atoms with van der Waals surface area (Å²) in [6.07, 6.45) is -0.503. The van der Waals surface area contributed by atoms with Crippen LogP contribution in [0.1, 0.15) is 6.92 Å². The van der Waals surface area contributed by atoms with Gasteiger partial charge in [0.05, 0.1) is 19.8 Å². The van der Waals surface area contributed by atoms with E-state index in [-0.39, 0.29) is 5.91 Å². The third-order valence-corrected chi connectivity index (χ3v) is 2.88. The Labute approximate surface area is 106 Å². The highest BCUT2D eigenvalue weighted by Crippen LogP contribution is 2.18. The smallest absolute Gasteiger partial charge is 0.258 e. The minimum atomic E-state index is -0.503. The lowest BCUT2D eigenvalue weighted by Crippen LogP contribution is -2.45. The molecule has 0 saturated carbocycles. The molecule has 1 saturated heterocycles. The van der Waals surface area contributed by atoms with E-state index in [9.17, 15) is 4.79 Å². The second-order valence-electron chi connectivity index (χ2n) is 4.11. The van der Waals surface area contributed by atoms with Gasteiger partial charge in [-0.1, -0.05) is 0 Å². The van der Waals surface area contributed by atoms with Crippen molar-refractivity contribution >= 4 is 17.3 Å². The second kappa shape index (κ2) is 5.84. The average Bonchev–Trinajstić information content (AvgIpc) is 2.42. The summed E-state index contributed by atoms with van der Waals surface area (Å²) in [5.41, 5.74) is 7.14. The summed E-state index contributed by atoms with van der Waals surface area (Å²) in [5, 5.41) is 0. The molecule has 5 heteroatoms. The molecule has 5 nitrogen and oxygen atoms in total. The van der Waals surface area contributed by atoms with Crippen molar-refractivity contribution in [1.29, 1.82) is 0 Å². The van der Waals surface area contributed by atoms with Gasteiger partial charge in [-0.3, -0.25) is 4.79 Å². The highest BCUT2D eigenvalue weighted by Gasteiger charge is 2.27. The van der Waals surface area contributed by atoms with Crippen molar-refractivity contribution in [3.05, 3.63) is 24.3 Å². The molecule has 1 aromatic carbocycles. The first-order valence-corrected chi connectivity index (χ1v) is 6.08. The van der Waals surface area contributed by atoms with Crippen molar-refractivity contribution in [2.75, 3.05) is 37.0 Å². The van der Waals surface area contributed by atoms with Gasteiger partial charge in [0.15, 0.2) is 6.10 Å². The predicted octanol–water partition coefficient (Wildman–Crippen LogP) is 1.04. The van der Waals surface area contributed by atoms with Gasteiger partial charge in [-0.05, 0) is 31.2 Å². The zero-order valence-electron chi connectivity index (χ0n) is 10.5. The van der Waals surface area contributed by atoms with Gasteiger partial charge in [0.2, 0.25) is 0 Å². The van der Waals surface area contributed by atoms with Gasteiger partial charge >= 0.3 is 0 Å². The molecule has 1 heterocycles. The number of benzene rings is 1. The molecule has 1 unspecified atom stereocenters. The lowest BCUT2D eigenvalue weighted by atomic mass is 10.2. The topological polar surface area (TPSA) is 64.8 Å². The zero-order valence-corrected chi connectivity index (χ0v) is 10.5. The molecule has 18 heavy (non-hydrogen) atoms. The molecule has 0 aliphatic carbocycles. The maximum absolute atomic E-state index is 12.3. The molecular formula is C13H18N2O3. The van der Waals surface area contributed by atoms with Gasteiger partial charge in [-0.2, -0.15) is 0 Å². The van der Waals surface area contributed by atoms with E-state index in [0.717, 1.165) is 5.69 Å². The average molecular weight is 250 g/mol. The largest absolute Gasteiger partial charge is 0.399 e. The van der Waals surface area contributed by atoms with Crippen LogP contribution in [-0.4, -0.2) is 38.4 Å². The van der Waals surface area contributed by atoms with E-state index >= 15 is 0 Å². The van der Waals surface area contributed by atoms with Crippen molar-refractivity contribution in [2.24, 2.45) is 0 Å². The molecule has 0 bridgehead atoms. The molecule has 2 N–H and O–H groups in total. The predicted molar refractivity (Wildman–Crippen MR) is 69.4 cm³/mol. The number of rotatable bonds is 3. The van der Waals surface area contributed by atoms with Crippen molar-refractivity contribution in [2.45, 2.75) is 13.0 Å². The first-order chi connectivity index (χ1) is 8.72. The van der Waals surface area contributed by atoms with E-state index in [2.05, 4.69) is 0 Å². The van der Waals surface area contributed by atoms with Gasteiger partial charge in [0, 0.05) is 17.9 Å². The lowest BCUT2D eigenvalue weighted by Gasteiger charge is -2.28. The minimum Gasteiger partial charge on any atom is -0.399 e. The number of hydrogen-bond acceptors (Lipinski definition) is 4. The molecule has 98 valence electrons. The third-order valence-electron chi connectivity index (χ3n) is 2.88. The van der Waals surface area contributed by atoms with Crippen LogP contribution in [-0.2, 0) is 14.3 Å². The van der Waals surface area contributed by atoms with Crippen LogP contribution < -0.4 is 10.6 Å². The van der Waals surface area contributed by atoms with Crippen LogP contribution in [0.25, 0.3) is 0 Å². The second-order valence-corrected chi connectivity index (χ2v) is 4.11. The van der Waals surface area contributed by atoms with E-state index in [0.29, 0.717) is 32.1 Å². The molecule has 1 aliphatic rings. The van der Waals surface area contributed by atoms with Crippen LogP contribution in [0, 0.1) is 0 Å². The number of anilines is 2. The summed E-state index contributed by atoms with van der Waals surface area (Å²) in [7, 11) is 0. The molecule has 1 aliphatic heterocycles. The summed E-state index contributed by atoms with van der Waals surface area (Å²) in [5.74, 6) is -0.0676. The van der Waals surface area contributed by atoms with Gasteiger partial charge in [-0.15, -0.1) is 0 Å². The SMILES string of the molecule is CCN(C(=O)C1COCCO1)c1ccc(N)cc1. The monoisotopic (exact) mass is 250 g/mol. The fourth-order valence-electron chi connectivity index (χ4n) is 1.92. The Bertz CT molecular complexity index is 399. The molecule has 1 atom stereocenters. The molecule has 0 spiro atoms. The Kier molecular flexibility index (Phi) is 4.17. The van der Waals surface area contributed by atoms with Crippen molar-refractivity contribution < 1.29 is 14.3 Å². The van der Waals surface area contributed by atoms with Crippen LogP contribution in [0.4, 0.5) is 11.4 Å². The standard InChI is InChI=1S/C13H18N2O3/c1-2-15(11-5-3-10(14)4-6-11)13(16)12-9-17-7-8-18-12/h3-6,12H,2,7-9,14H2,1H3. The molecule has 1 fully saturated rings. The number of carbonyl (C=O) groups is 1. The molecule has 0 radical (unpaired) electrons. The van der Waals surface area contributed by atoms with Crippen LogP contribution >= 0.6 is 0 Å². The van der Waals surface area contributed by atoms with Crippen LogP contribution in [0.15, 0.2) is 24.3 Å². The van der Waals surface area contributed by atoms with E-state index < -0.39 is 6.10 Å². The number of likely N-dealkylation sites (N-methyl/N-ethyl adjacent to an activating group) is 1. The Morgan fingerprint density at radius 2 is 2.11 bits per heavy atom. The van der Waals surface area contributed by atoms with E-state index in [1.807, 2.05) is 19.1 Å². The van der Waals surface area contributed by atoms with Crippen LogP contribution in [0.2, 0.25) is 0 Å². The minimum absolute atomic E-state index is 0.0676.